The van der Waals surface area contributed by atoms with E-state index in [0.717, 1.165) is 6.26 Å². The van der Waals surface area contributed by atoms with E-state index in [1.54, 1.807) is 6.07 Å². The summed E-state index contributed by atoms with van der Waals surface area (Å²) in [4.78, 5) is 23.9. The van der Waals surface area contributed by atoms with E-state index in [2.05, 4.69) is 10.6 Å². The molecule has 122 valence electrons. The molecule has 0 fully saturated rings. The van der Waals surface area contributed by atoms with Gasteiger partial charge < -0.3 is 10.6 Å². The van der Waals surface area contributed by atoms with Crippen molar-refractivity contribution in [3.63, 3.8) is 0 Å². The molecule has 8 heteroatoms. The number of carbonyl (C=O) groups excluding carboxylic acids is 2. The summed E-state index contributed by atoms with van der Waals surface area (Å²) < 4.78 is 22.1. The number of carbonyl (C=O) groups is 2. The zero-order valence-corrected chi connectivity index (χ0v) is 14.2. The Morgan fingerprint density at radius 3 is 2.45 bits per heavy atom. The Kier molecular flexibility index (Phi) is 6.37. The fraction of sp³-hybridized carbons (Fsp3) is 0.429. The molecule has 1 rings (SSSR count). The van der Waals surface area contributed by atoms with E-state index < -0.39 is 15.7 Å². The average Bonchev–Trinajstić information content (AvgIpc) is 2.34. The Morgan fingerprint density at radius 2 is 1.91 bits per heavy atom. The van der Waals surface area contributed by atoms with Crippen molar-refractivity contribution in [2.75, 3.05) is 17.3 Å². The topological polar surface area (TPSA) is 92.3 Å². The van der Waals surface area contributed by atoms with Crippen LogP contribution < -0.4 is 10.6 Å². The van der Waals surface area contributed by atoms with Gasteiger partial charge in [0.15, 0.2) is 0 Å². The van der Waals surface area contributed by atoms with Crippen LogP contribution in [0.4, 0.5) is 5.69 Å². The molecule has 0 heterocycles. The number of hydrogen-bond donors (Lipinski definition) is 2. The summed E-state index contributed by atoms with van der Waals surface area (Å²) in [5, 5.41) is 5.61. The summed E-state index contributed by atoms with van der Waals surface area (Å²) in [7, 11) is -3.23. The summed E-state index contributed by atoms with van der Waals surface area (Å²) in [6.07, 6.45) is 0.873. The lowest BCUT2D eigenvalue weighted by Gasteiger charge is -2.13. The van der Waals surface area contributed by atoms with Gasteiger partial charge in [0.1, 0.15) is 9.84 Å². The van der Waals surface area contributed by atoms with Crippen molar-refractivity contribution in [2.45, 2.75) is 26.3 Å². The van der Waals surface area contributed by atoms with Crippen molar-refractivity contribution in [3.05, 3.63) is 28.8 Å². The minimum Gasteiger partial charge on any atom is -0.350 e. The van der Waals surface area contributed by atoms with Gasteiger partial charge in [0.25, 0.3) is 5.91 Å². The number of amides is 2. The van der Waals surface area contributed by atoms with Gasteiger partial charge in [-0.3, -0.25) is 9.59 Å². The van der Waals surface area contributed by atoms with Crippen molar-refractivity contribution < 1.29 is 18.0 Å². The maximum atomic E-state index is 12.1. The molecule has 0 radical (unpaired) electrons. The first-order valence-corrected chi connectivity index (χ1v) is 9.10. The first-order valence-electron chi connectivity index (χ1n) is 6.66. The Hall–Kier alpha value is -1.60. The number of anilines is 1. The Balaban J connectivity index is 2.91. The van der Waals surface area contributed by atoms with Crippen LogP contribution in [-0.4, -0.2) is 38.3 Å². The molecule has 0 aliphatic carbocycles. The summed E-state index contributed by atoms with van der Waals surface area (Å²) in [6, 6.07) is 4.45. The molecule has 2 N–H and O–H groups in total. The molecule has 0 saturated heterocycles. The summed E-state index contributed by atoms with van der Waals surface area (Å²) in [5.41, 5.74) is 0.523. The first-order chi connectivity index (χ1) is 10.1. The first kappa shape index (κ1) is 18.4. The second-order valence-corrected chi connectivity index (χ2v) is 7.94. The summed E-state index contributed by atoms with van der Waals surface area (Å²) >= 11 is 5.88. The Bertz CT molecular complexity index is 671. The van der Waals surface area contributed by atoms with Gasteiger partial charge in [-0.25, -0.2) is 8.42 Å². The highest BCUT2D eigenvalue weighted by molar-refractivity contribution is 7.90. The standard InChI is InChI=1S/C14H19ClN2O4S/c1-9(2)16-14(19)11-5-4-10(15)8-12(11)17-13(18)6-7-22(3,20)21/h4-5,8-9H,6-7H2,1-3H3,(H,16,19)(H,17,18). The number of sulfone groups is 1. The normalized spacial score (nSPS) is 11.3. The van der Waals surface area contributed by atoms with Crippen LogP contribution in [0.2, 0.25) is 5.02 Å². The molecule has 0 aromatic heterocycles. The van der Waals surface area contributed by atoms with Crippen LogP contribution in [-0.2, 0) is 14.6 Å². The monoisotopic (exact) mass is 346 g/mol. The second-order valence-electron chi connectivity index (χ2n) is 5.25. The van der Waals surface area contributed by atoms with Crippen molar-refractivity contribution in [1.82, 2.24) is 5.32 Å². The van der Waals surface area contributed by atoms with E-state index in [1.807, 2.05) is 13.8 Å². The molecule has 0 bridgehead atoms. The minimum absolute atomic E-state index is 0.0584. The molecular weight excluding hydrogens is 328 g/mol. The molecule has 0 saturated carbocycles. The van der Waals surface area contributed by atoms with Crippen LogP contribution >= 0.6 is 11.6 Å². The predicted octanol–water partition coefficient (Wildman–Crippen LogP) is 1.85. The maximum absolute atomic E-state index is 12.1. The molecule has 0 spiro atoms. The van der Waals surface area contributed by atoms with Crippen molar-refractivity contribution >= 4 is 38.9 Å². The van der Waals surface area contributed by atoms with E-state index in [9.17, 15) is 18.0 Å². The Morgan fingerprint density at radius 1 is 1.27 bits per heavy atom. The smallest absolute Gasteiger partial charge is 0.253 e. The van der Waals surface area contributed by atoms with Gasteiger partial charge in [0.05, 0.1) is 17.0 Å². The molecule has 2 amide bonds. The lowest BCUT2D eigenvalue weighted by Crippen LogP contribution is -2.31. The summed E-state index contributed by atoms with van der Waals surface area (Å²) in [6.45, 7) is 3.64. The van der Waals surface area contributed by atoms with Crippen LogP contribution in [0.25, 0.3) is 0 Å². The highest BCUT2D eigenvalue weighted by Crippen LogP contribution is 2.21. The fourth-order valence-corrected chi connectivity index (χ4v) is 2.38. The van der Waals surface area contributed by atoms with Crippen molar-refractivity contribution in [3.8, 4) is 0 Å². The van der Waals surface area contributed by atoms with Gasteiger partial charge in [0, 0.05) is 23.7 Å². The molecule has 6 nitrogen and oxygen atoms in total. The van der Waals surface area contributed by atoms with Crippen LogP contribution in [0.1, 0.15) is 30.6 Å². The van der Waals surface area contributed by atoms with Gasteiger partial charge in [-0.1, -0.05) is 11.6 Å². The molecule has 0 atom stereocenters. The van der Waals surface area contributed by atoms with Gasteiger partial charge in [0.2, 0.25) is 5.91 Å². The number of halogens is 1. The molecule has 0 unspecified atom stereocenters. The number of hydrogen-bond acceptors (Lipinski definition) is 4. The van der Waals surface area contributed by atoms with Gasteiger partial charge in [-0.2, -0.15) is 0 Å². The van der Waals surface area contributed by atoms with E-state index in [1.165, 1.54) is 12.1 Å². The number of nitrogens with one attached hydrogen (secondary N) is 2. The second kappa shape index (κ2) is 7.60. The van der Waals surface area contributed by atoms with Crippen LogP contribution in [0, 0.1) is 0 Å². The third kappa shape index (κ3) is 6.44. The predicted molar refractivity (Wildman–Crippen MR) is 87.0 cm³/mol. The van der Waals surface area contributed by atoms with Gasteiger partial charge >= 0.3 is 0 Å². The minimum atomic E-state index is -3.23. The average molecular weight is 347 g/mol. The quantitative estimate of drug-likeness (QED) is 0.822. The van der Waals surface area contributed by atoms with E-state index in [0.29, 0.717) is 5.02 Å². The highest BCUT2D eigenvalue weighted by atomic mass is 35.5. The SMILES string of the molecule is CC(C)NC(=O)c1ccc(Cl)cc1NC(=O)CCS(C)(=O)=O. The molecule has 1 aromatic carbocycles. The molecule has 1 aromatic rings. The lowest BCUT2D eigenvalue weighted by atomic mass is 10.1. The number of rotatable bonds is 6. The number of benzene rings is 1. The Labute approximate surface area is 135 Å². The summed E-state index contributed by atoms with van der Waals surface area (Å²) in [5.74, 6) is -1.09. The van der Waals surface area contributed by atoms with Crippen molar-refractivity contribution in [2.24, 2.45) is 0 Å². The fourth-order valence-electron chi connectivity index (χ4n) is 1.65. The van der Waals surface area contributed by atoms with Crippen molar-refractivity contribution in [1.29, 1.82) is 0 Å². The molecule has 0 aliphatic heterocycles. The van der Waals surface area contributed by atoms with Gasteiger partial charge in [-0.15, -0.1) is 0 Å². The molecular formula is C14H19ClN2O4S. The van der Waals surface area contributed by atoms with Crippen LogP contribution in [0.5, 0.6) is 0 Å². The van der Waals surface area contributed by atoms with Crippen LogP contribution in [0.15, 0.2) is 18.2 Å². The largest absolute Gasteiger partial charge is 0.350 e. The third-order valence-electron chi connectivity index (χ3n) is 2.62. The molecule has 22 heavy (non-hydrogen) atoms. The van der Waals surface area contributed by atoms with Crippen LogP contribution in [0.3, 0.4) is 0 Å². The lowest BCUT2D eigenvalue weighted by molar-refractivity contribution is -0.115. The van der Waals surface area contributed by atoms with E-state index in [4.69, 9.17) is 11.6 Å². The maximum Gasteiger partial charge on any atom is 0.253 e. The third-order valence-corrected chi connectivity index (χ3v) is 3.80. The van der Waals surface area contributed by atoms with E-state index in [-0.39, 0.29) is 35.4 Å². The van der Waals surface area contributed by atoms with E-state index >= 15 is 0 Å². The molecule has 0 aliphatic rings. The highest BCUT2D eigenvalue weighted by Gasteiger charge is 2.15. The zero-order valence-electron chi connectivity index (χ0n) is 12.6. The zero-order chi connectivity index (χ0) is 16.9. The van der Waals surface area contributed by atoms with Gasteiger partial charge in [-0.05, 0) is 32.0 Å².